The maximum Gasteiger partial charge on any atom is 0.316 e. The number of rotatable bonds is 10. The van der Waals surface area contributed by atoms with Gasteiger partial charge >= 0.3 is 5.97 Å². The van der Waals surface area contributed by atoms with Gasteiger partial charge in [0.2, 0.25) is 0 Å². The van der Waals surface area contributed by atoms with Gasteiger partial charge in [-0.3, -0.25) is 9.36 Å². The maximum absolute atomic E-state index is 11.6. The third-order valence-corrected chi connectivity index (χ3v) is 4.36. The van der Waals surface area contributed by atoms with Crippen molar-refractivity contribution in [3.05, 3.63) is 42.7 Å². The number of carbonyl (C=O) groups excluding carboxylic acids is 1. The fourth-order valence-electron chi connectivity index (χ4n) is 2.25. The van der Waals surface area contributed by atoms with Gasteiger partial charge in [0, 0.05) is 6.54 Å². The lowest BCUT2D eigenvalue weighted by Gasteiger charge is -2.16. The van der Waals surface area contributed by atoms with E-state index >= 15 is 0 Å². The fourth-order valence-corrected chi connectivity index (χ4v) is 3.00. The molecule has 140 valence electrons. The fraction of sp³-hybridized carbons (Fsp3) is 0.389. The van der Waals surface area contributed by atoms with Crippen molar-refractivity contribution in [3.8, 4) is 11.5 Å². The summed E-state index contributed by atoms with van der Waals surface area (Å²) in [6, 6.07) is 7.33. The first-order chi connectivity index (χ1) is 12.6. The number of hydrogen-bond acceptors (Lipinski definition) is 7. The van der Waals surface area contributed by atoms with Gasteiger partial charge in [-0.25, -0.2) is 0 Å². The minimum absolute atomic E-state index is 0.177. The molecule has 8 heteroatoms. The molecule has 0 saturated heterocycles. The predicted octanol–water partition coefficient (Wildman–Crippen LogP) is 3.27. The van der Waals surface area contributed by atoms with Crippen LogP contribution in [0, 0.1) is 0 Å². The largest absolute Gasteiger partial charge is 0.497 e. The van der Waals surface area contributed by atoms with E-state index in [0.29, 0.717) is 29.9 Å². The highest BCUT2D eigenvalue weighted by Crippen LogP contribution is 2.26. The van der Waals surface area contributed by atoms with Crippen molar-refractivity contribution in [2.75, 3.05) is 19.5 Å². The number of nitrogens with zero attached hydrogens (tertiary/aromatic N) is 3. The maximum atomic E-state index is 11.6. The van der Waals surface area contributed by atoms with Gasteiger partial charge in [-0.2, -0.15) is 0 Å². The first kappa shape index (κ1) is 19.8. The molecule has 1 heterocycles. The molecule has 1 atom stereocenters. The molecule has 0 saturated carbocycles. The third-order valence-electron chi connectivity index (χ3n) is 3.42. The molecule has 0 aliphatic rings. The number of aromatic nitrogens is 3. The van der Waals surface area contributed by atoms with Crippen LogP contribution in [0.3, 0.4) is 0 Å². The third kappa shape index (κ3) is 5.26. The van der Waals surface area contributed by atoms with Crippen LogP contribution in [0.4, 0.5) is 0 Å². The van der Waals surface area contributed by atoms with Crippen molar-refractivity contribution in [3.63, 3.8) is 0 Å². The lowest BCUT2D eigenvalue weighted by molar-refractivity contribution is -0.139. The molecule has 7 nitrogen and oxygen atoms in total. The van der Waals surface area contributed by atoms with Crippen molar-refractivity contribution < 1.29 is 19.0 Å². The topological polar surface area (TPSA) is 75.5 Å². The molecule has 0 aliphatic heterocycles. The van der Waals surface area contributed by atoms with Crippen LogP contribution in [-0.4, -0.2) is 40.2 Å². The number of methoxy groups -OCH3 is 1. The number of carbonyl (C=O) groups is 1. The summed E-state index contributed by atoms with van der Waals surface area (Å²) in [7, 11) is 1.62. The lowest BCUT2D eigenvalue weighted by atomic mass is 10.3. The van der Waals surface area contributed by atoms with Crippen molar-refractivity contribution in [2.24, 2.45) is 0 Å². The van der Waals surface area contributed by atoms with E-state index in [1.54, 1.807) is 20.1 Å². The zero-order chi connectivity index (χ0) is 18.9. The van der Waals surface area contributed by atoms with E-state index in [-0.39, 0.29) is 17.8 Å². The van der Waals surface area contributed by atoms with Crippen LogP contribution in [0.1, 0.15) is 25.8 Å². The van der Waals surface area contributed by atoms with E-state index in [0.717, 1.165) is 5.75 Å². The summed E-state index contributed by atoms with van der Waals surface area (Å²) in [5.41, 5.74) is 0. The van der Waals surface area contributed by atoms with Crippen molar-refractivity contribution in [1.29, 1.82) is 0 Å². The van der Waals surface area contributed by atoms with E-state index in [2.05, 4.69) is 16.8 Å². The minimum atomic E-state index is -0.326. The van der Waals surface area contributed by atoms with Crippen LogP contribution in [-0.2, 0) is 16.1 Å². The number of ether oxygens (including phenoxy) is 3. The second-order valence-electron chi connectivity index (χ2n) is 5.27. The molecular formula is C18H23N3O4S. The van der Waals surface area contributed by atoms with Crippen LogP contribution in [0.2, 0.25) is 0 Å². The highest BCUT2D eigenvalue weighted by atomic mass is 32.2. The summed E-state index contributed by atoms with van der Waals surface area (Å²) in [6.07, 6.45) is 1.43. The molecule has 26 heavy (non-hydrogen) atoms. The second kappa shape index (κ2) is 9.86. The standard InChI is InChI=1S/C18H23N3O4S/c1-5-11-21-17(19-20-18(21)26-12-16(22)24-6-2)13(3)25-15-9-7-14(23-4)8-10-15/h5,7-10,13H,1,6,11-12H2,2-4H3. The average Bonchev–Trinajstić information content (AvgIpc) is 3.04. The van der Waals surface area contributed by atoms with Gasteiger partial charge in [0.15, 0.2) is 17.1 Å². The molecule has 1 aromatic carbocycles. The normalized spacial score (nSPS) is 11.7. The van der Waals surface area contributed by atoms with Crippen LogP contribution in [0.25, 0.3) is 0 Å². The van der Waals surface area contributed by atoms with Crippen molar-refractivity contribution in [1.82, 2.24) is 14.8 Å². The van der Waals surface area contributed by atoms with Gasteiger partial charge in [0.05, 0.1) is 19.5 Å². The predicted molar refractivity (Wildman–Crippen MR) is 99.6 cm³/mol. The molecule has 0 fully saturated rings. The van der Waals surface area contributed by atoms with Crippen LogP contribution < -0.4 is 9.47 Å². The Hall–Kier alpha value is -2.48. The molecule has 0 spiro atoms. The van der Waals surface area contributed by atoms with Gasteiger partial charge in [-0.1, -0.05) is 17.8 Å². The van der Waals surface area contributed by atoms with E-state index in [4.69, 9.17) is 14.2 Å². The molecule has 1 aromatic heterocycles. The molecule has 2 rings (SSSR count). The Balaban J connectivity index is 2.11. The SMILES string of the molecule is C=CCn1c(SCC(=O)OCC)nnc1C(C)Oc1ccc(OC)cc1. The van der Waals surface area contributed by atoms with Gasteiger partial charge < -0.3 is 14.2 Å². The summed E-state index contributed by atoms with van der Waals surface area (Å²) in [5, 5.41) is 9.03. The summed E-state index contributed by atoms with van der Waals surface area (Å²) >= 11 is 1.28. The molecule has 0 N–H and O–H groups in total. The van der Waals surface area contributed by atoms with Gasteiger partial charge in [-0.05, 0) is 38.1 Å². The Labute approximate surface area is 157 Å². The van der Waals surface area contributed by atoms with E-state index in [1.165, 1.54) is 11.8 Å². The molecule has 1 unspecified atom stereocenters. The molecule has 0 bridgehead atoms. The number of thioether (sulfide) groups is 1. The minimum Gasteiger partial charge on any atom is -0.497 e. The Morgan fingerprint density at radius 1 is 1.31 bits per heavy atom. The average molecular weight is 377 g/mol. The Morgan fingerprint density at radius 2 is 2.00 bits per heavy atom. The molecule has 0 amide bonds. The lowest BCUT2D eigenvalue weighted by Crippen LogP contribution is -2.13. The summed E-state index contributed by atoms with van der Waals surface area (Å²) in [6.45, 7) is 8.32. The van der Waals surface area contributed by atoms with Crippen LogP contribution in [0.5, 0.6) is 11.5 Å². The number of esters is 1. The number of allylic oxidation sites excluding steroid dienone is 1. The Bertz CT molecular complexity index is 731. The first-order valence-electron chi connectivity index (χ1n) is 8.22. The van der Waals surface area contributed by atoms with Gasteiger partial charge in [0.25, 0.3) is 0 Å². The van der Waals surface area contributed by atoms with Gasteiger partial charge in [0.1, 0.15) is 11.5 Å². The highest BCUT2D eigenvalue weighted by molar-refractivity contribution is 7.99. The Morgan fingerprint density at radius 3 is 2.62 bits per heavy atom. The smallest absolute Gasteiger partial charge is 0.316 e. The van der Waals surface area contributed by atoms with E-state index in [9.17, 15) is 4.79 Å². The monoisotopic (exact) mass is 377 g/mol. The first-order valence-corrected chi connectivity index (χ1v) is 9.20. The molecule has 0 radical (unpaired) electrons. The van der Waals surface area contributed by atoms with Crippen LogP contribution in [0.15, 0.2) is 42.1 Å². The quantitative estimate of drug-likeness (QED) is 0.357. The summed E-state index contributed by atoms with van der Waals surface area (Å²) in [5.74, 6) is 2.02. The number of benzene rings is 1. The molecule has 0 aliphatic carbocycles. The second-order valence-corrected chi connectivity index (χ2v) is 6.21. The Kier molecular flexibility index (Phi) is 7.53. The van der Waals surface area contributed by atoms with Crippen molar-refractivity contribution in [2.45, 2.75) is 31.7 Å². The highest BCUT2D eigenvalue weighted by Gasteiger charge is 2.20. The zero-order valence-corrected chi connectivity index (χ0v) is 16.0. The summed E-state index contributed by atoms with van der Waals surface area (Å²) < 4.78 is 17.9. The van der Waals surface area contributed by atoms with E-state index in [1.807, 2.05) is 35.8 Å². The summed E-state index contributed by atoms with van der Waals surface area (Å²) in [4.78, 5) is 11.6. The van der Waals surface area contributed by atoms with E-state index < -0.39 is 0 Å². The van der Waals surface area contributed by atoms with Gasteiger partial charge in [-0.15, -0.1) is 16.8 Å². The van der Waals surface area contributed by atoms with Crippen molar-refractivity contribution >= 4 is 17.7 Å². The van der Waals surface area contributed by atoms with Crippen LogP contribution >= 0.6 is 11.8 Å². The molecular weight excluding hydrogens is 354 g/mol. The zero-order valence-electron chi connectivity index (χ0n) is 15.2. The molecule has 2 aromatic rings. The number of hydrogen-bond donors (Lipinski definition) is 0.